The third-order valence-electron chi connectivity index (χ3n) is 1.89. The molecule has 1 nitrogen and oxygen atoms in total. The van der Waals surface area contributed by atoms with Crippen LogP contribution in [-0.4, -0.2) is 5.78 Å². The number of hydrogen-bond acceptors (Lipinski definition) is 1. The summed E-state index contributed by atoms with van der Waals surface area (Å²) < 4.78 is 25.1. The second-order valence-corrected chi connectivity index (χ2v) is 3.58. The molecule has 0 unspecified atom stereocenters. The topological polar surface area (TPSA) is 17.1 Å². The first kappa shape index (κ1) is 11.3. The highest BCUT2D eigenvalue weighted by Crippen LogP contribution is 2.30. The number of carbonyl (C=O) groups excluding carboxylic acids is 1. The Morgan fingerprint density at radius 1 is 1.50 bits per heavy atom. The van der Waals surface area contributed by atoms with Crippen LogP contribution in [0.5, 0.6) is 0 Å². The lowest BCUT2D eigenvalue weighted by Gasteiger charge is -2.07. The number of ketones is 1. The van der Waals surface area contributed by atoms with Crippen LogP contribution in [0.2, 0.25) is 0 Å². The van der Waals surface area contributed by atoms with E-state index < -0.39 is 6.43 Å². The lowest BCUT2D eigenvalue weighted by Crippen LogP contribution is -2.00. The molecular formula is C10H9BrF2O. The second kappa shape index (κ2) is 4.64. The summed E-state index contributed by atoms with van der Waals surface area (Å²) in [5.74, 6) is -0.139. The van der Waals surface area contributed by atoms with E-state index in [1.54, 1.807) is 13.0 Å². The number of rotatable bonds is 3. The van der Waals surface area contributed by atoms with E-state index in [2.05, 4.69) is 15.9 Å². The van der Waals surface area contributed by atoms with E-state index in [1.165, 1.54) is 12.1 Å². The van der Waals surface area contributed by atoms with Crippen LogP contribution in [-0.2, 0) is 0 Å². The molecule has 1 aromatic rings. The van der Waals surface area contributed by atoms with E-state index >= 15 is 0 Å². The zero-order valence-corrected chi connectivity index (χ0v) is 9.14. The minimum Gasteiger partial charge on any atom is -0.294 e. The Labute approximate surface area is 89.3 Å². The zero-order valence-electron chi connectivity index (χ0n) is 7.56. The van der Waals surface area contributed by atoms with Crippen molar-refractivity contribution in [2.24, 2.45) is 0 Å². The molecule has 0 spiro atoms. The summed E-state index contributed by atoms with van der Waals surface area (Å²) in [6.45, 7) is 1.70. The molecule has 4 heteroatoms. The summed E-state index contributed by atoms with van der Waals surface area (Å²) in [4.78, 5) is 11.3. The van der Waals surface area contributed by atoms with Gasteiger partial charge in [-0.25, -0.2) is 8.78 Å². The van der Waals surface area contributed by atoms with E-state index in [9.17, 15) is 13.6 Å². The van der Waals surface area contributed by atoms with Gasteiger partial charge in [-0.1, -0.05) is 25.1 Å². The molecule has 1 aromatic carbocycles. The van der Waals surface area contributed by atoms with Crippen molar-refractivity contribution in [3.05, 3.63) is 33.8 Å². The predicted octanol–water partition coefficient (Wildman–Crippen LogP) is 3.98. The molecule has 0 aromatic heterocycles. The number of benzene rings is 1. The van der Waals surface area contributed by atoms with Gasteiger partial charge < -0.3 is 0 Å². The van der Waals surface area contributed by atoms with Gasteiger partial charge >= 0.3 is 0 Å². The van der Waals surface area contributed by atoms with Gasteiger partial charge in [0.25, 0.3) is 6.43 Å². The third kappa shape index (κ3) is 2.18. The Hall–Kier alpha value is -0.770. The van der Waals surface area contributed by atoms with E-state index in [0.717, 1.165) is 0 Å². The van der Waals surface area contributed by atoms with Crippen molar-refractivity contribution >= 4 is 21.7 Å². The maximum atomic E-state index is 12.4. The van der Waals surface area contributed by atoms with Crippen molar-refractivity contribution in [1.82, 2.24) is 0 Å². The lowest BCUT2D eigenvalue weighted by molar-refractivity contribution is 0.0986. The van der Waals surface area contributed by atoms with Gasteiger partial charge in [-0.05, 0) is 15.9 Å². The molecule has 0 N–H and O–H groups in total. The molecule has 0 atom stereocenters. The predicted molar refractivity (Wildman–Crippen MR) is 53.7 cm³/mol. The SMILES string of the molecule is CCC(=O)c1cccc(C(F)F)c1Br. The second-order valence-electron chi connectivity index (χ2n) is 2.79. The van der Waals surface area contributed by atoms with Gasteiger partial charge in [0.1, 0.15) is 0 Å². The molecule has 0 aliphatic carbocycles. The molecule has 1 rings (SSSR count). The molecule has 0 radical (unpaired) electrons. The van der Waals surface area contributed by atoms with E-state index in [1.807, 2.05) is 0 Å². The Bertz CT molecular complexity index is 350. The molecule has 0 aliphatic rings. The van der Waals surface area contributed by atoms with Crippen LogP contribution in [0.15, 0.2) is 22.7 Å². The first-order chi connectivity index (χ1) is 6.57. The summed E-state index contributed by atoms with van der Waals surface area (Å²) in [7, 11) is 0. The van der Waals surface area contributed by atoms with Gasteiger partial charge in [0.15, 0.2) is 5.78 Å². The molecule has 0 bridgehead atoms. The summed E-state index contributed by atoms with van der Waals surface area (Å²) >= 11 is 3.02. The van der Waals surface area contributed by atoms with Crippen molar-refractivity contribution in [3.63, 3.8) is 0 Å². The summed E-state index contributed by atoms with van der Waals surface area (Å²) in [5, 5.41) is 0. The number of alkyl halides is 2. The molecular weight excluding hydrogens is 254 g/mol. The van der Waals surface area contributed by atoms with Gasteiger partial charge in [-0.15, -0.1) is 0 Å². The number of carbonyl (C=O) groups is 1. The Kier molecular flexibility index (Phi) is 3.75. The smallest absolute Gasteiger partial charge is 0.264 e. The number of hydrogen-bond donors (Lipinski definition) is 0. The van der Waals surface area contributed by atoms with E-state index in [0.29, 0.717) is 12.0 Å². The van der Waals surface area contributed by atoms with Crippen molar-refractivity contribution in [3.8, 4) is 0 Å². The molecule has 0 amide bonds. The van der Waals surface area contributed by atoms with Crippen LogP contribution in [0, 0.1) is 0 Å². The van der Waals surface area contributed by atoms with Crippen LogP contribution in [0.3, 0.4) is 0 Å². The Morgan fingerprint density at radius 3 is 2.64 bits per heavy atom. The normalized spacial score (nSPS) is 10.6. The summed E-state index contributed by atoms with van der Waals surface area (Å²) in [6, 6.07) is 4.32. The van der Waals surface area contributed by atoms with Crippen molar-refractivity contribution in [2.45, 2.75) is 19.8 Å². The molecule has 0 saturated heterocycles. The van der Waals surface area contributed by atoms with Gasteiger partial charge in [-0.3, -0.25) is 4.79 Å². The number of Topliss-reactive ketones (excluding diaryl/α,β-unsaturated/α-hetero) is 1. The molecule has 0 saturated carbocycles. The molecule has 76 valence electrons. The molecule has 14 heavy (non-hydrogen) atoms. The van der Waals surface area contributed by atoms with Crippen LogP contribution in [0.1, 0.15) is 35.7 Å². The highest BCUT2D eigenvalue weighted by molar-refractivity contribution is 9.10. The lowest BCUT2D eigenvalue weighted by atomic mass is 10.1. The summed E-state index contributed by atoms with van der Waals surface area (Å²) in [6.07, 6.45) is -2.25. The fraction of sp³-hybridized carbons (Fsp3) is 0.300. The highest BCUT2D eigenvalue weighted by atomic mass is 79.9. The van der Waals surface area contributed by atoms with Gasteiger partial charge in [0.05, 0.1) is 0 Å². The maximum absolute atomic E-state index is 12.4. The van der Waals surface area contributed by atoms with Crippen LogP contribution >= 0.6 is 15.9 Å². The molecule has 0 fully saturated rings. The minimum atomic E-state index is -2.56. The first-order valence-corrected chi connectivity index (χ1v) is 4.97. The first-order valence-electron chi connectivity index (χ1n) is 4.17. The van der Waals surface area contributed by atoms with Gasteiger partial charge in [0.2, 0.25) is 0 Å². The van der Waals surface area contributed by atoms with Crippen molar-refractivity contribution in [2.75, 3.05) is 0 Å². The van der Waals surface area contributed by atoms with Crippen LogP contribution in [0.4, 0.5) is 8.78 Å². The number of halogens is 3. The fourth-order valence-corrected chi connectivity index (χ4v) is 1.78. The molecule has 0 aliphatic heterocycles. The zero-order chi connectivity index (χ0) is 10.7. The quantitative estimate of drug-likeness (QED) is 0.754. The van der Waals surface area contributed by atoms with E-state index in [-0.39, 0.29) is 15.8 Å². The maximum Gasteiger partial charge on any atom is 0.264 e. The molecule has 0 heterocycles. The van der Waals surface area contributed by atoms with Crippen molar-refractivity contribution in [1.29, 1.82) is 0 Å². The Balaban J connectivity index is 3.20. The largest absolute Gasteiger partial charge is 0.294 e. The van der Waals surface area contributed by atoms with Gasteiger partial charge in [-0.2, -0.15) is 0 Å². The average molecular weight is 263 g/mol. The Morgan fingerprint density at radius 2 is 2.14 bits per heavy atom. The standard InChI is InChI=1S/C10H9BrF2O/c1-2-8(14)6-4-3-5-7(9(6)11)10(12)13/h3-5,10H,2H2,1H3. The minimum absolute atomic E-state index is 0.135. The third-order valence-corrected chi connectivity index (χ3v) is 2.77. The van der Waals surface area contributed by atoms with Gasteiger partial charge in [0, 0.05) is 22.0 Å². The average Bonchev–Trinajstić information content (AvgIpc) is 2.16. The van der Waals surface area contributed by atoms with E-state index in [4.69, 9.17) is 0 Å². The monoisotopic (exact) mass is 262 g/mol. The van der Waals surface area contributed by atoms with Crippen LogP contribution < -0.4 is 0 Å². The fourth-order valence-electron chi connectivity index (χ4n) is 1.12. The van der Waals surface area contributed by atoms with Crippen LogP contribution in [0.25, 0.3) is 0 Å². The summed E-state index contributed by atoms with van der Waals surface area (Å²) in [5.41, 5.74) is 0.189. The van der Waals surface area contributed by atoms with Crippen molar-refractivity contribution < 1.29 is 13.6 Å². The highest BCUT2D eigenvalue weighted by Gasteiger charge is 2.16.